The van der Waals surface area contributed by atoms with Crippen molar-refractivity contribution >= 4 is 5.91 Å². The van der Waals surface area contributed by atoms with E-state index >= 15 is 0 Å². The number of rotatable bonds is 5. The highest BCUT2D eigenvalue weighted by Gasteiger charge is 2.10. The summed E-state index contributed by atoms with van der Waals surface area (Å²) in [4.78, 5) is 11.0. The van der Waals surface area contributed by atoms with Gasteiger partial charge in [-0.1, -0.05) is 32.6 Å². The average Bonchev–Trinajstić information content (AvgIpc) is 2.52. The van der Waals surface area contributed by atoms with Crippen LogP contribution in [0.2, 0.25) is 0 Å². The van der Waals surface area contributed by atoms with Gasteiger partial charge >= 0.3 is 0 Å². The van der Waals surface area contributed by atoms with E-state index in [1.807, 2.05) is 6.92 Å². The van der Waals surface area contributed by atoms with Gasteiger partial charge in [0, 0.05) is 25.6 Å². The van der Waals surface area contributed by atoms with Crippen molar-refractivity contribution in [3.8, 4) is 0 Å². The van der Waals surface area contributed by atoms with Crippen LogP contribution in [0.15, 0.2) is 0 Å². The van der Waals surface area contributed by atoms with Crippen molar-refractivity contribution in [2.45, 2.75) is 57.9 Å². The molecule has 3 nitrogen and oxygen atoms in total. The molecule has 1 fully saturated rings. The molecule has 1 amide bonds. The van der Waals surface area contributed by atoms with Crippen molar-refractivity contribution in [1.82, 2.24) is 10.6 Å². The van der Waals surface area contributed by atoms with E-state index in [1.54, 1.807) is 0 Å². The molecule has 1 aliphatic carbocycles. The zero-order valence-corrected chi connectivity index (χ0v) is 9.85. The van der Waals surface area contributed by atoms with Crippen molar-refractivity contribution < 1.29 is 4.79 Å². The average molecular weight is 212 g/mol. The molecule has 1 rings (SSSR count). The van der Waals surface area contributed by atoms with Crippen LogP contribution in [-0.4, -0.2) is 25.0 Å². The Balaban J connectivity index is 2.00. The first-order chi connectivity index (χ1) is 7.33. The summed E-state index contributed by atoms with van der Waals surface area (Å²) in [5.74, 6) is 0.151. The second-order valence-corrected chi connectivity index (χ2v) is 4.35. The van der Waals surface area contributed by atoms with Crippen LogP contribution >= 0.6 is 0 Å². The fraction of sp³-hybridized carbons (Fsp3) is 0.917. The van der Waals surface area contributed by atoms with E-state index in [1.165, 1.54) is 38.5 Å². The summed E-state index contributed by atoms with van der Waals surface area (Å²) in [6.45, 7) is 3.56. The lowest BCUT2D eigenvalue weighted by atomic mass is 10.1. The summed E-state index contributed by atoms with van der Waals surface area (Å²) in [7, 11) is 0. The maximum Gasteiger partial charge on any atom is 0.219 e. The van der Waals surface area contributed by atoms with Gasteiger partial charge in [-0.25, -0.2) is 0 Å². The SMILES string of the molecule is CCC(=O)NCCNC1CCCCCC1. The van der Waals surface area contributed by atoms with Crippen LogP contribution in [-0.2, 0) is 4.79 Å². The Morgan fingerprint density at radius 2 is 1.80 bits per heavy atom. The summed E-state index contributed by atoms with van der Waals surface area (Å²) in [6, 6.07) is 0.686. The van der Waals surface area contributed by atoms with Crippen LogP contribution in [0.4, 0.5) is 0 Å². The first-order valence-corrected chi connectivity index (χ1v) is 6.33. The number of hydrogen-bond donors (Lipinski definition) is 2. The Hall–Kier alpha value is -0.570. The molecule has 15 heavy (non-hydrogen) atoms. The van der Waals surface area contributed by atoms with Gasteiger partial charge in [-0.2, -0.15) is 0 Å². The predicted molar refractivity (Wildman–Crippen MR) is 62.8 cm³/mol. The zero-order chi connectivity index (χ0) is 10.9. The van der Waals surface area contributed by atoms with Gasteiger partial charge < -0.3 is 10.6 Å². The molecule has 0 spiro atoms. The Bertz CT molecular complexity index is 174. The van der Waals surface area contributed by atoms with E-state index in [4.69, 9.17) is 0 Å². The van der Waals surface area contributed by atoms with E-state index in [-0.39, 0.29) is 5.91 Å². The molecule has 0 bridgehead atoms. The second kappa shape index (κ2) is 7.69. The summed E-state index contributed by atoms with van der Waals surface area (Å²) in [5, 5.41) is 6.41. The van der Waals surface area contributed by atoms with Crippen molar-refractivity contribution in [3.05, 3.63) is 0 Å². The number of carbonyl (C=O) groups excluding carboxylic acids is 1. The summed E-state index contributed by atoms with van der Waals surface area (Å²) in [6.07, 6.45) is 8.71. The lowest BCUT2D eigenvalue weighted by molar-refractivity contribution is -0.120. The summed E-state index contributed by atoms with van der Waals surface area (Å²) in [5.41, 5.74) is 0. The van der Waals surface area contributed by atoms with Crippen molar-refractivity contribution in [3.63, 3.8) is 0 Å². The van der Waals surface area contributed by atoms with Crippen LogP contribution in [0.25, 0.3) is 0 Å². The van der Waals surface area contributed by atoms with Crippen molar-refractivity contribution in [2.24, 2.45) is 0 Å². The first-order valence-electron chi connectivity index (χ1n) is 6.33. The minimum Gasteiger partial charge on any atom is -0.355 e. The van der Waals surface area contributed by atoms with Crippen LogP contribution in [0.5, 0.6) is 0 Å². The Morgan fingerprint density at radius 3 is 2.40 bits per heavy atom. The molecule has 3 heteroatoms. The van der Waals surface area contributed by atoms with Gasteiger partial charge in [0.1, 0.15) is 0 Å². The van der Waals surface area contributed by atoms with E-state index in [0.717, 1.165) is 13.1 Å². The fourth-order valence-corrected chi connectivity index (χ4v) is 2.09. The second-order valence-electron chi connectivity index (χ2n) is 4.35. The Labute approximate surface area is 93.0 Å². The monoisotopic (exact) mass is 212 g/mol. The van der Waals surface area contributed by atoms with Gasteiger partial charge in [0.15, 0.2) is 0 Å². The molecule has 0 unspecified atom stereocenters. The van der Waals surface area contributed by atoms with Crippen LogP contribution < -0.4 is 10.6 Å². The number of amides is 1. The minimum absolute atomic E-state index is 0.151. The third-order valence-electron chi connectivity index (χ3n) is 3.06. The van der Waals surface area contributed by atoms with E-state index in [2.05, 4.69) is 10.6 Å². The highest BCUT2D eigenvalue weighted by molar-refractivity contribution is 5.75. The quantitative estimate of drug-likeness (QED) is 0.539. The highest BCUT2D eigenvalue weighted by atomic mass is 16.1. The fourth-order valence-electron chi connectivity index (χ4n) is 2.09. The standard InChI is InChI=1S/C12H24N2O/c1-2-12(15)14-10-9-13-11-7-5-3-4-6-8-11/h11,13H,2-10H2,1H3,(H,14,15). The van der Waals surface area contributed by atoms with Gasteiger partial charge in [-0.15, -0.1) is 0 Å². The molecule has 1 saturated carbocycles. The first kappa shape index (κ1) is 12.5. The maximum absolute atomic E-state index is 11.0. The molecule has 0 saturated heterocycles. The lowest BCUT2D eigenvalue weighted by Crippen LogP contribution is -2.36. The van der Waals surface area contributed by atoms with Gasteiger partial charge in [0.2, 0.25) is 5.91 Å². The Kier molecular flexibility index (Phi) is 6.41. The molecule has 1 aliphatic rings. The predicted octanol–water partition coefficient (Wildman–Crippen LogP) is 1.82. The van der Waals surface area contributed by atoms with Gasteiger partial charge in [-0.3, -0.25) is 4.79 Å². The molecular weight excluding hydrogens is 188 g/mol. The molecule has 0 aromatic carbocycles. The normalized spacial score (nSPS) is 18.5. The molecule has 0 aromatic heterocycles. The lowest BCUT2D eigenvalue weighted by Gasteiger charge is -2.16. The van der Waals surface area contributed by atoms with Crippen LogP contribution in [0.1, 0.15) is 51.9 Å². The number of hydrogen-bond acceptors (Lipinski definition) is 2. The van der Waals surface area contributed by atoms with Crippen molar-refractivity contribution in [2.75, 3.05) is 13.1 Å². The molecule has 0 atom stereocenters. The molecule has 88 valence electrons. The molecule has 0 aliphatic heterocycles. The molecular formula is C12H24N2O. The highest BCUT2D eigenvalue weighted by Crippen LogP contribution is 2.16. The molecule has 0 radical (unpaired) electrons. The van der Waals surface area contributed by atoms with Crippen molar-refractivity contribution in [1.29, 1.82) is 0 Å². The minimum atomic E-state index is 0.151. The summed E-state index contributed by atoms with van der Waals surface area (Å²) >= 11 is 0. The summed E-state index contributed by atoms with van der Waals surface area (Å²) < 4.78 is 0. The van der Waals surface area contributed by atoms with Gasteiger partial charge in [0.05, 0.1) is 0 Å². The molecule has 2 N–H and O–H groups in total. The maximum atomic E-state index is 11.0. The smallest absolute Gasteiger partial charge is 0.219 e. The topological polar surface area (TPSA) is 41.1 Å². The van der Waals surface area contributed by atoms with Crippen LogP contribution in [0, 0.1) is 0 Å². The van der Waals surface area contributed by atoms with E-state index in [9.17, 15) is 4.79 Å². The molecule has 0 aromatic rings. The van der Waals surface area contributed by atoms with E-state index in [0.29, 0.717) is 12.5 Å². The third kappa shape index (κ3) is 5.78. The van der Waals surface area contributed by atoms with E-state index < -0.39 is 0 Å². The van der Waals surface area contributed by atoms with Gasteiger partial charge in [0.25, 0.3) is 0 Å². The number of nitrogens with one attached hydrogen (secondary N) is 2. The number of carbonyl (C=O) groups is 1. The van der Waals surface area contributed by atoms with Crippen LogP contribution in [0.3, 0.4) is 0 Å². The molecule has 0 heterocycles. The largest absolute Gasteiger partial charge is 0.355 e. The van der Waals surface area contributed by atoms with Gasteiger partial charge in [-0.05, 0) is 12.8 Å². The Morgan fingerprint density at radius 1 is 1.13 bits per heavy atom. The third-order valence-corrected chi connectivity index (χ3v) is 3.06. The zero-order valence-electron chi connectivity index (χ0n) is 9.85.